The minimum atomic E-state index is -0.793. The molecule has 1 unspecified atom stereocenters. The van der Waals surface area contributed by atoms with E-state index in [1.54, 1.807) is 12.1 Å². The van der Waals surface area contributed by atoms with Crippen molar-refractivity contribution < 1.29 is 14.7 Å². The lowest BCUT2D eigenvalue weighted by atomic mass is 10.1. The third-order valence-corrected chi connectivity index (χ3v) is 3.44. The SMILES string of the molecule is CC(CCc1ccccc1)NC(=O)C(=O)Nc1ccccc1O. The van der Waals surface area contributed by atoms with Crippen LogP contribution in [0.15, 0.2) is 54.6 Å². The highest BCUT2D eigenvalue weighted by molar-refractivity contribution is 6.39. The van der Waals surface area contributed by atoms with Gasteiger partial charge in [-0.1, -0.05) is 42.5 Å². The van der Waals surface area contributed by atoms with Crippen molar-refractivity contribution in [2.75, 3.05) is 5.32 Å². The van der Waals surface area contributed by atoms with Crippen molar-refractivity contribution in [3.63, 3.8) is 0 Å². The molecule has 0 aliphatic heterocycles. The summed E-state index contributed by atoms with van der Waals surface area (Å²) in [5, 5.41) is 14.6. The molecule has 0 radical (unpaired) electrons. The fourth-order valence-electron chi connectivity index (χ4n) is 2.15. The molecule has 0 aliphatic carbocycles. The summed E-state index contributed by atoms with van der Waals surface area (Å²) in [6.07, 6.45) is 1.56. The minimum absolute atomic E-state index is 0.0780. The zero-order valence-corrected chi connectivity index (χ0v) is 13.0. The maximum atomic E-state index is 11.9. The molecule has 0 saturated heterocycles. The van der Waals surface area contributed by atoms with Gasteiger partial charge >= 0.3 is 11.8 Å². The molecule has 2 rings (SSSR count). The molecular formula is C18H20N2O3. The number of aromatic hydroxyl groups is 1. The average molecular weight is 312 g/mol. The van der Waals surface area contributed by atoms with Crippen LogP contribution in [-0.2, 0) is 16.0 Å². The van der Waals surface area contributed by atoms with E-state index < -0.39 is 11.8 Å². The first-order chi connectivity index (χ1) is 11.1. The van der Waals surface area contributed by atoms with Gasteiger partial charge in [-0.25, -0.2) is 0 Å². The van der Waals surface area contributed by atoms with Crippen molar-refractivity contribution in [2.24, 2.45) is 0 Å². The molecule has 0 aromatic heterocycles. The Bertz CT molecular complexity index is 671. The second-order valence-electron chi connectivity index (χ2n) is 5.37. The first-order valence-corrected chi connectivity index (χ1v) is 7.50. The van der Waals surface area contributed by atoms with Gasteiger partial charge in [-0.3, -0.25) is 9.59 Å². The number of carbonyl (C=O) groups excluding carboxylic acids is 2. The predicted molar refractivity (Wildman–Crippen MR) is 89.1 cm³/mol. The number of amides is 2. The fourth-order valence-corrected chi connectivity index (χ4v) is 2.15. The van der Waals surface area contributed by atoms with E-state index in [0.717, 1.165) is 12.8 Å². The molecule has 2 aromatic carbocycles. The molecule has 120 valence electrons. The van der Waals surface area contributed by atoms with Gasteiger partial charge in [0.25, 0.3) is 0 Å². The summed E-state index contributed by atoms with van der Waals surface area (Å²) >= 11 is 0. The largest absolute Gasteiger partial charge is 0.506 e. The van der Waals surface area contributed by atoms with Crippen LogP contribution < -0.4 is 10.6 Å². The monoisotopic (exact) mass is 312 g/mol. The Kier molecular flexibility index (Phi) is 5.74. The molecule has 0 spiro atoms. The van der Waals surface area contributed by atoms with Crippen LogP contribution >= 0.6 is 0 Å². The van der Waals surface area contributed by atoms with E-state index >= 15 is 0 Å². The van der Waals surface area contributed by atoms with Crippen LogP contribution in [0.2, 0.25) is 0 Å². The van der Waals surface area contributed by atoms with E-state index in [9.17, 15) is 14.7 Å². The molecular weight excluding hydrogens is 292 g/mol. The highest BCUT2D eigenvalue weighted by atomic mass is 16.3. The lowest BCUT2D eigenvalue weighted by Crippen LogP contribution is -2.40. The molecule has 0 aliphatic rings. The fraction of sp³-hybridized carbons (Fsp3) is 0.222. The number of nitrogens with one attached hydrogen (secondary N) is 2. The number of benzene rings is 2. The smallest absolute Gasteiger partial charge is 0.313 e. The summed E-state index contributed by atoms with van der Waals surface area (Å²) in [6.45, 7) is 1.86. The second-order valence-corrected chi connectivity index (χ2v) is 5.37. The van der Waals surface area contributed by atoms with Crippen LogP contribution in [0.4, 0.5) is 5.69 Å². The average Bonchev–Trinajstić information content (AvgIpc) is 2.56. The van der Waals surface area contributed by atoms with Crippen molar-refractivity contribution in [1.29, 1.82) is 0 Å². The Morgan fingerprint density at radius 3 is 2.35 bits per heavy atom. The molecule has 0 fully saturated rings. The maximum Gasteiger partial charge on any atom is 0.313 e. The molecule has 2 aromatic rings. The van der Waals surface area contributed by atoms with Gasteiger partial charge in [-0.2, -0.15) is 0 Å². The van der Waals surface area contributed by atoms with Crippen LogP contribution in [0.1, 0.15) is 18.9 Å². The van der Waals surface area contributed by atoms with E-state index in [1.165, 1.54) is 17.7 Å². The molecule has 5 heteroatoms. The van der Waals surface area contributed by atoms with Gasteiger partial charge in [-0.15, -0.1) is 0 Å². The molecule has 1 atom stereocenters. The summed E-state index contributed by atoms with van der Waals surface area (Å²) in [4.78, 5) is 23.7. The highest BCUT2D eigenvalue weighted by Crippen LogP contribution is 2.21. The number of para-hydroxylation sites is 2. The van der Waals surface area contributed by atoms with Crippen molar-refractivity contribution in [1.82, 2.24) is 5.32 Å². The van der Waals surface area contributed by atoms with Gasteiger partial charge in [0.05, 0.1) is 5.69 Å². The van der Waals surface area contributed by atoms with E-state index in [1.807, 2.05) is 37.3 Å². The molecule has 0 heterocycles. The zero-order valence-electron chi connectivity index (χ0n) is 13.0. The third-order valence-electron chi connectivity index (χ3n) is 3.44. The number of carbonyl (C=O) groups is 2. The Morgan fingerprint density at radius 2 is 1.65 bits per heavy atom. The van der Waals surface area contributed by atoms with Crippen LogP contribution in [0.3, 0.4) is 0 Å². The van der Waals surface area contributed by atoms with Gasteiger partial charge in [0.15, 0.2) is 0 Å². The van der Waals surface area contributed by atoms with Gasteiger partial charge in [0.1, 0.15) is 5.75 Å². The Morgan fingerprint density at radius 1 is 1.00 bits per heavy atom. The van der Waals surface area contributed by atoms with E-state index in [-0.39, 0.29) is 17.5 Å². The first kappa shape index (κ1) is 16.5. The first-order valence-electron chi connectivity index (χ1n) is 7.50. The molecule has 0 bridgehead atoms. The van der Waals surface area contributed by atoms with Crippen LogP contribution in [0.25, 0.3) is 0 Å². The number of hydrogen-bond acceptors (Lipinski definition) is 3. The number of aryl methyl sites for hydroxylation is 1. The van der Waals surface area contributed by atoms with Gasteiger partial charge in [0.2, 0.25) is 0 Å². The summed E-state index contributed by atoms with van der Waals surface area (Å²) < 4.78 is 0. The summed E-state index contributed by atoms with van der Waals surface area (Å²) in [7, 11) is 0. The third kappa shape index (κ3) is 5.14. The minimum Gasteiger partial charge on any atom is -0.506 e. The normalized spacial score (nSPS) is 11.5. The van der Waals surface area contributed by atoms with Crippen molar-refractivity contribution in [3.05, 3.63) is 60.2 Å². The van der Waals surface area contributed by atoms with Crippen LogP contribution in [0.5, 0.6) is 5.75 Å². The molecule has 0 saturated carbocycles. The summed E-state index contributed by atoms with van der Waals surface area (Å²) in [5.41, 5.74) is 1.40. The van der Waals surface area contributed by atoms with E-state index in [0.29, 0.717) is 0 Å². The van der Waals surface area contributed by atoms with Crippen LogP contribution in [-0.4, -0.2) is 23.0 Å². The lowest BCUT2D eigenvalue weighted by Gasteiger charge is -2.14. The standard InChI is InChI=1S/C18H20N2O3/c1-13(11-12-14-7-3-2-4-8-14)19-17(22)18(23)20-15-9-5-6-10-16(15)21/h2-10,13,21H,11-12H2,1H3,(H,19,22)(H,20,23). The number of phenolic OH excluding ortho intramolecular Hbond substituents is 1. The molecule has 3 N–H and O–H groups in total. The maximum absolute atomic E-state index is 11.9. The predicted octanol–water partition coefficient (Wildman–Crippen LogP) is 2.47. The van der Waals surface area contributed by atoms with E-state index in [4.69, 9.17) is 0 Å². The van der Waals surface area contributed by atoms with Gasteiger partial charge in [-0.05, 0) is 37.5 Å². The molecule has 2 amide bonds. The number of anilines is 1. The lowest BCUT2D eigenvalue weighted by molar-refractivity contribution is -0.136. The Labute approximate surface area is 135 Å². The van der Waals surface area contributed by atoms with Crippen molar-refractivity contribution in [3.8, 4) is 5.75 Å². The second kappa shape index (κ2) is 7.98. The van der Waals surface area contributed by atoms with Crippen molar-refractivity contribution in [2.45, 2.75) is 25.8 Å². The van der Waals surface area contributed by atoms with Gasteiger partial charge < -0.3 is 15.7 Å². The summed E-state index contributed by atoms with van der Waals surface area (Å²) in [5.74, 6) is -1.59. The Hall–Kier alpha value is -2.82. The number of hydrogen-bond donors (Lipinski definition) is 3. The number of rotatable bonds is 5. The topological polar surface area (TPSA) is 78.4 Å². The van der Waals surface area contributed by atoms with Gasteiger partial charge in [0, 0.05) is 6.04 Å². The van der Waals surface area contributed by atoms with Crippen LogP contribution in [0, 0.1) is 0 Å². The van der Waals surface area contributed by atoms with Crippen molar-refractivity contribution >= 4 is 17.5 Å². The zero-order chi connectivity index (χ0) is 16.7. The molecule has 5 nitrogen and oxygen atoms in total. The summed E-state index contributed by atoms with van der Waals surface area (Å²) in [6, 6.07) is 16.1. The van der Waals surface area contributed by atoms with E-state index in [2.05, 4.69) is 10.6 Å². The highest BCUT2D eigenvalue weighted by Gasteiger charge is 2.17. The molecule has 23 heavy (non-hydrogen) atoms. The quantitative estimate of drug-likeness (QED) is 0.586. The number of phenols is 1. The Balaban J connectivity index is 1.81.